The van der Waals surface area contributed by atoms with Gasteiger partial charge in [0.1, 0.15) is 34.6 Å². The van der Waals surface area contributed by atoms with Gasteiger partial charge in [-0.25, -0.2) is 4.98 Å². The molecule has 0 amide bonds. The highest BCUT2D eigenvalue weighted by molar-refractivity contribution is 5.93. The first-order valence-corrected chi connectivity index (χ1v) is 9.53. The van der Waals surface area contributed by atoms with Gasteiger partial charge in [0.15, 0.2) is 6.19 Å². The van der Waals surface area contributed by atoms with Gasteiger partial charge >= 0.3 is 0 Å². The standard InChI is InChI=1S/C21H17N9O/c1-12(19-21-17(23-5-6-24-21)8-18(27-19)25-11-22)31-14-3-4-16-15(7-14)20(29-28-16)13-9-26-30(2)10-13/h3-10,12H,1-2H3,(H,25,27)(H,28,29). The maximum Gasteiger partial charge on any atom is 0.182 e. The van der Waals surface area contributed by atoms with Crippen LogP contribution in [0.2, 0.25) is 0 Å². The Morgan fingerprint density at radius 2 is 2.10 bits per heavy atom. The summed E-state index contributed by atoms with van der Waals surface area (Å²) in [5, 5.41) is 24.2. The Labute approximate surface area is 176 Å². The Morgan fingerprint density at radius 3 is 2.90 bits per heavy atom. The van der Waals surface area contributed by atoms with Crippen molar-refractivity contribution in [1.82, 2.24) is 34.9 Å². The van der Waals surface area contributed by atoms with E-state index < -0.39 is 6.10 Å². The number of aryl methyl sites for hydroxylation is 1. The Balaban J connectivity index is 1.52. The first-order chi connectivity index (χ1) is 15.1. The van der Waals surface area contributed by atoms with Gasteiger partial charge in [-0.15, -0.1) is 0 Å². The molecule has 31 heavy (non-hydrogen) atoms. The van der Waals surface area contributed by atoms with Crippen LogP contribution in [0.15, 0.2) is 49.1 Å². The van der Waals surface area contributed by atoms with Gasteiger partial charge in [-0.05, 0) is 25.1 Å². The van der Waals surface area contributed by atoms with Crippen molar-refractivity contribution in [2.24, 2.45) is 7.05 Å². The van der Waals surface area contributed by atoms with E-state index in [1.807, 2.05) is 44.6 Å². The first-order valence-electron chi connectivity index (χ1n) is 9.53. The van der Waals surface area contributed by atoms with Crippen LogP contribution in [0.4, 0.5) is 5.82 Å². The summed E-state index contributed by atoms with van der Waals surface area (Å²) in [4.78, 5) is 13.2. The van der Waals surface area contributed by atoms with Crippen LogP contribution in [0.25, 0.3) is 33.2 Å². The van der Waals surface area contributed by atoms with Gasteiger partial charge in [0.05, 0.1) is 17.2 Å². The Bertz CT molecular complexity index is 1450. The van der Waals surface area contributed by atoms with Crippen molar-refractivity contribution in [3.8, 4) is 23.2 Å². The molecule has 0 spiro atoms. The van der Waals surface area contributed by atoms with Crippen LogP contribution in [0.1, 0.15) is 18.7 Å². The highest BCUT2D eigenvalue weighted by Gasteiger charge is 2.18. The van der Waals surface area contributed by atoms with Crippen LogP contribution in [0.3, 0.4) is 0 Å². The number of rotatable bonds is 5. The number of aromatic nitrogens is 7. The zero-order valence-electron chi connectivity index (χ0n) is 16.7. The van der Waals surface area contributed by atoms with Crippen molar-refractivity contribution in [3.05, 3.63) is 54.7 Å². The van der Waals surface area contributed by atoms with E-state index in [-0.39, 0.29) is 0 Å². The van der Waals surface area contributed by atoms with E-state index in [9.17, 15) is 0 Å². The number of nitrogens with zero attached hydrogens (tertiary/aromatic N) is 7. The Hall–Kier alpha value is -4.52. The Morgan fingerprint density at radius 1 is 1.23 bits per heavy atom. The summed E-state index contributed by atoms with van der Waals surface area (Å²) in [7, 11) is 1.87. The molecule has 1 atom stereocenters. The van der Waals surface area contributed by atoms with Crippen LogP contribution in [0.5, 0.6) is 5.75 Å². The fourth-order valence-electron chi connectivity index (χ4n) is 3.49. The molecular weight excluding hydrogens is 394 g/mol. The highest BCUT2D eigenvalue weighted by atomic mass is 16.5. The SMILES string of the molecule is CC(Oc1ccc2[nH]nc(-c3cnn(C)c3)c2c1)c1nc(NC#N)cc2nccnc12. The number of anilines is 1. The van der Waals surface area contributed by atoms with Crippen LogP contribution in [-0.4, -0.2) is 34.9 Å². The number of H-pyrrole nitrogens is 1. The van der Waals surface area contributed by atoms with E-state index >= 15 is 0 Å². The summed E-state index contributed by atoms with van der Waals surface area (Å²) in [5.74, 6) is 1.05. The minimum atomic E-state index is -0.439. The largest absolute Gasteiger partial charge is 0.484 e. The molecule has 4 heterocycles. The molecule has 10 nitrogen and oxygen atoms in total. The molecule has 2 N–H and O–H groups in total. The molecule has 0 aliphatic rings. The third kappa shape index (κ3) is 3.38. The van der Waals surface area contributed by atoms with Crippen molar-refractivity contribution in [2.75, 3.05) is 5.32 Å². The summed E-state index contributed by atoms with van der Waals surface area (Å²) in [6.45, 7) is 1.88. The van der Waals surface area contributed by atoms with Gasteiger partial charge in [0.2, 0.25) is 0 Å². The van der Waals surface area contributed by atoms with Crippen molar-refractivity contribution in [2.45, 2.75) is 13.0 Å². The molecule has 0 aliphatic carbocycles. The smallest absolute Gasteiger partial charge is 0.182 e. The van der Waals surface area contributed by atoms with Crippen molar-refractivity contribution < 1.29 is 4.74 Å². The number of nitriles is 1. The number of pyridine rings is 1. The summed E-state index contributed by atoms with van der Waals surface area (Å²) in [6.07, 6.45) is 8.33. The van der Waals surface area contributed by atoms with Crippen LogP contribution < -0.4 is 10.1 Å². The third-order valence-corrected chi connectivity index (χ3v) is 4.88. The molecule has 1 unspecified atom stereocenters. The van der Waals surface area contributed by atoms with Gasteiger partial charge < -0.3 is 4.74 Å². The maximum absolute atomic E-state index is 8.97. The number of ether oxygens (including phenoxy) is 1. The number of fused-ring (bicyclic) bond motifs is 2. The molecule has 152 valence electrons. The molecule has 0 bridgehead atoms. The molecule has 5 rings (SSSR count). The van der Waals surface area contributed by atoms with Gasteiger partial charge in [-0.1, -0.05) is 0 Å². The topological polar surface area (TPSA) is 130 Å². The van der Waals surface area contributed by atoms with E-state index in [1.54, 1.807) is 29.3 Å². The molecule has 4 aromatic heterocycles. The molecule has 0 aliphatic heterocycles. The van der Waals surface area contributed by atoms with E-state index in [4.69, 9.17) is 10.00 Å². The zero-order valence-corrected chi connectivity index (χ0v) is 16.7. The molecule has 0 fully saturated rings. The predicted molar refractivity (Wildman–Crippen MR) is 114 cm³/mol. The predicted octanol–water partition coefficient (Wildman–Crippen LogP) is 3.33. The van der Waals surface area contributed by atoms with Gasteiger partial charge in [-0.3, -0.25) is 25.1 Å². The van der Waals surface area contributed by atoms with Gasteiger partial charge in [0.25, 0.3) is 0 Å². The molecule has 0 saturated heterocycles. The van der Waals surface area contributed by atoms with E-state index in [0.717, 1.165) is 22.2 Å². The molecule has 0 saturated carbocycles. The van der Waals surface area contributed by atoms with Crippen LogP contribution in [0, 0.1) is 11.5 Å². The molecule has 5 aromatic rings. The summed E-state index contributed by atoms with van der Waals surface area (Å²) in [6, 6.07) is 7.40. The van der Waals surface area contributed by atoms with Crippen LogP contribution >= 0.6 is 0 Å². The molecule has 1 aromatic carbocycles. The lowest BCUT2D eigenvalue weighted by Crippen LogP contribution is -2.09. The number of hydrogen-bond donors (Lipinski definition) is 2. The second-order valence-electron chi connectivity index (χ2n) is 7.00. The number of nitrogens with one attached hydrogen (secondary N) is 2. The summed E-state index contributed by atoms with van der Waals surface area (Å²) >= 11 is 0. The van der Waals surface area contributed by atoms with Crippen molar-refractivity contribution in [3.63, 3.8) is 0 Å². The maximum atomic E-state index is 8.97. The third-order valence-electron chi connectivity index (χ3n) is 4.88. The first kappa shape index (κ1) is 18.5. The fraction of sp³-hybridized carbons (Fsp3) is 0.143. The molecular formula is C21H17N9O. The highest BCUT2D eigenvalue weighted by Crippen LogP contribution is 2.32. The minimum absolute atomic E-state index is 0.394. The van der Waals surface area contributed by atoms with E-state index in [1.165, 1.54) is 0 Å². The summed E-state index contributed by atoms with van der Waals surface area (Å²) < 4.78 is 7.95. The lowest BCUT2D eigenvalue weighted by Gasteiger charge is -2.16. The second-order valence-corrected chi connectivity index (χ2v) is 7.00. The van der Waals surface area contributed by atoms with Gasteiger partial charge in [-0.2, -0.15) is 15.5 Å². The van der Waals surface area contributed by atoms with Crippen molar-refractivity contribution in [1.29, 1.82) is 5.26 Å². The number of hydrogen-bond acceptors (Lipinski definition) is 8. The fourth-order valence-corrected chi connectivity index (χ4v) is 3.49. The monoisotopic (exact) mass is 411 g/mol. The number of aromatic amines is 1. The zero-order chi connectivity index (χ0) is 21.4. The van der Waals surface area contributed by atoms with Crippen molar-refractivity contribution >= 4 is 27.8 Å². The lowest BCUT2D eigenvalue weighted by atomic mass is 10.1. The average Bonchev–Trinajstić information content (AvgIpc) is 3.39. The molecule has 0 radical (unpaired) electrons. The minimum Gasteiger partial charge on any atom is -0.484 e. The second kappa shape index (κ2) is 7.38. The average molecular weight is 411 g/mol. The van der Waals surface area contributed by atoms with Gasteiger partial charge in [0, 0.05) is 42.7 Å². The Kier molecular flexibility index (Phi) is 4.41. The molecule has 10 heteroatoms. The van der Waals surface area contributed by atoms with E-state index in [0.29, 0.717) is 28.3 Å². The van der Waals surface area contributed by atoms with E-state index in [2.05, 4.69) is 35.6 Å². The quantitative estimate of drug-likeness (QED) is 0.333. The summed E-state index contributed by atoms with van der Waals surface area (Å²) in [5.41, 5.74) is 4.45. The van der Waals surface area contributed by atoms with Crippen LogP contribution in [-0.2, 0) is 7.05 Å². The number of benzene rings is 1. The lowest BCUT2D eigenvalue weighted by molar-refractivity contribution is 0.224. The normalized spacial score (nSPS) is 12.0.